The Morgan fingerprint density at radius 3 is 0.939 bits per heavy atom. The molecule has 0 bridgehead atoms. The van der Waals surface area contributed by atoms with Crippen LogP contribution in [0.25, 0.3) is 0 Å². The van der Waals surface area contributed by atoms with Gasteiger partial charge in [-0.05, 0) is 141 Å². The summed E-state index contributed by atoms with van der Waals surface area (Å²) in [5, 5.41) is 10.6. The quantitative estimate of drug-likeness (QED) is 0.0169. The fourth-order valence-corrected chi connectivity index (χ4v) is 11.2. The molecule has 0 aliphatic heterocycles. The van der Waals surface area contributed by atoms with Crippen molar-refractivity contribution in [3.8, 4) is 0 Å². The fourth-order valence-electron chi connectivity index (χ4n) is 9.64. The van der Waals surface area contributed by atoms with Crippen LogP contribution >= 0.6 is 15.6 Å². The Morgan fingerprint density at radius 1 is 0.306 bits per heavy atom. The average Bonchev–Trinajstić information content (AvgIpc) is 1.04. The Bertz CT molecular complexity index is 2340. The maximum Gasteiger partial charge on any atom is 0.472 e. The van der Waals surface area contributed by atoms with E-state index in [2.05, 4.69) is 125 Å². The van der Waals surface area contributed by atoms with Crippen LogP contribution in [0.1, 0.15) is 297 Å². The lowest BCUT2D eigenvalue weighted by atomic mass is 10.1. The van der Waals surface area contributed by atoms with E-state index in [9.17, 15) is 43.2 Å². The van der Waals surface area contributed by atoms with E-state index in [0.29, 0.717) is 25.7 Å². The summed E-state index contributed by atoms with van der Waals surface area (Å²) in [6.07, 6.45) is 76.5. The molecular weight excluding hydrogens is 1280 g/mol. The number of carbonyl (C=O) groups excluding carboxylic acids is 4. The van der Waals surface area contributed by atoms with Gasteiger partial charge < -0.3 is 33.8 Å². The van der Waals surface area contributed by atoms with E-state index >= 15 is 0 Å². The zero-order valence-electron chi connectivity index (χ0n) is 61.2. The maximum absolute atomic E-state index is 13.1. The minimum Gasteiger partial charge on any atom is -0.462 e. The summed E-state index contributed by atoms with van der Waals surface area (Å²) in [5.41, 5.74) is 0. The van der Waals surface area contributed by atoms with Crippen LogP contribution in [0.4, 0.5) is 0 Å². The van der Waals surface area contributed by atoms with Crippen molar-refractivity contribution in [2.75, 3.05) is 39.6 Å². The Labute approximate surface area is 593 Å². The molecule has 0 rings (SSSR count). The first-order chi connectivity index (χ1) is 47.7. The van der Waals surface area contributed by atoms with E-state index in [0.717, 1.165) is 154 Å². The minimum absolute atomic E-state index is 0.0570. The molecule has 0 radical (unpaired) electrons. The molecule has 5 atom stereocenters. The summed E-state index contributed by atoms with van der Waals surface area (Å²) < 4.78 is 68.3. The number of rotatable bonds is 70. The largest absolute Gasteiger partial charge is 0.472 e. The third-order valence-corrected chi connectivity index (χ3v) is 17.3. The molecule has 562 valence electrons. The van der Waals surface area contributed by atoms with Crippen LogP contribution in [0.3, 0.4) is 0 Å². The number of aliphatic hydroxyl groups excluding tert-OH is 1. The molecule has 0 fully saturated rings. The highest BCUT2D eigenvalue weighted by Crippen LogP contribution is 2.45. The van der Waals surface area contributed by atoms with Crippen molar-refractivity contribution >= 4 is 39.5 Å². The van der Waals surface area contributed by atoms with Gasteiger partial charge in [0.05, 0.1) is 32.8 Å². The van der Waals surface area contributed by atoms with Crippen molar-refractivity contribution in [2.45, 2.75) is 316 Å². The molecule has 0 heterocycles. The number of phosphoric acid groups is 2. The SMILES string of the molecule is CC/C=C\C/C=C\C/C=C\C/C=C\C/C=C\CC(=O)OCC(COP(=O)(O)OCC(O)COP(=O)(O)OCC(COC(=O)CCCCCCC/C=C\C/C=C\CCCCC)OC(=O)CCCCCCC/C=C\CCCCCC)OC(=O)CCCCCCC/C=C\C/C=C\CCCCC. The van der Waals surface area contributed by atoms with Gasteiger partial charge in [0, 0.05) is 19.3 Å². The summed E-state index contributed by atoms with van der Waals surface area (Å²) >= 11 is 0. The number of hydrogen-bond donors (Lipinski definition) is 3. The van der Waals surface area contributed by atoms with Crippen LogP contribution in [0.5, 0.6) is 0 Å². The highest BCUT2D eigenvalue weighted by atomic mass is 31.2. The van der Waals surface area contributed by atoms with Crippen LogP contribution in [-0.2, 0) is 65.4 Å². The molecule has 0 saturated heterocycles. The van der Waals surface area contributed by atoms with E-state index in [-0.39, 0.29) is 25.7 Å². The Kier molecular flexibility index (Phi) is 67.6. The van der Waals surface area contributed by atoms with Gasteiger partial charge in [0.15, 0.2) is 12.2 Å². The van der Waals surface area contributed by atoms with Crippen LogP contribution < -0.4 is 0 Å². The second-order valence-electron chi connectivity index (χ2n) is 24.9. The third-order valence-electron chi connectivity index (χ3n) is 15.4. The molecule has 0 aromatic carbocycles. The lowest BCUT2D eigenvalue weighted by molar-refractivity contribution is -0.161. The molecule has 0 spiro atoms. The predicted molar refractivity (Wildman–Crippen MR) is 399 cm³/mol. The number of phosphoric ester groups is 2. The normalized spacial score (nSPS) is 14.6. The van der Waals surface area contributed by atoms with E-state index < -0.39 is 97.5 Å². The van der Waals surface area contributed by atoms with Crippen molar-refractivity contribution in [2.24, 2.45) is 0 Å². The summed E-state index contributed by atoms with van der Waals surface area (Å²) in [6.45, 7) is 4.53. The highest BCUT2D eigenvalue weighted by molar-refractivity contribution is 7.47. The van der Waals surface area contributed by atoms with Gasteiger partial charge in [0.1, 0.15) is 19.3 Å². The Hall–Kier alpha value is -4.54. The van der Waals surface area contributed by atoms with Gasteiger partial charge in [-0.1, -0.05) is 252 Å². The van der Waals surface area contributed by atoms with Crippen molar-refractivity contribution in [3.63, 3.8) is 0 Å². The number of carbonyl (C=O) groups is 4. The molecular formula is C79H134O17P2. The van der Waals surface area contributed by atoms with Gasteiger partial charge in [-0.2, -0.15) is 0 Å². The monoisotopic (exact) mass is 1420 g/mol. The smallest absolute Gasteiger partial charge is 0.462 e. The number of aliphatic hydroxyl groups is 1. The molecule has 0 amide bonds. The van der Waals surface area contributed by atoms with E-state index in [1.54, 1.807) is 6.08 Å². The zero-order chi connectivity index (χ0) is 71.8. The number of allylic oxidation sites excluding steroid dienone is 19. The lowest BCUT2D eigenvalue weighted by Gasteiger charge is -2.21. The number of ether oxygens (including phenoxy) is 4. The fraction of sp³-hybridized carbons (Fsp3) is 0.696. The number of unbranched alkanes of at least 4 members (excludes halogenated alkanes) is 25. The van der Waals surface area contributed by atoms with E-state index in [4.69, 9.17) is 37.0 Å². The van der Waals surface area contributed by atoms with Gasteiger partial charge in [0.25, 0.3) is 0 Å². The number of esters is 4. The van der Waals surface area contributed by atoms with Gasteiger partial charge in [0.2, 0.25) is 0 Å². The van der Waals surface area contributed by atoms with E-state index in [1.165, 1.54) is 64.2 Å². The van der Waals surface area contributed by atoms with Crippen LogP contribution in [0.2, 0.25) is 0 Å². The topological polar surface area (TPSA) is 237 Å². The van der Waals surface area contributed by atoms with Crippen LogP contribution in [-0.4, -0.2) is 96.7 Å². The summed E-state index contributed by atoms with van der Waals surface area (Å²) in [7, 11) is -9.98. The van der Waals surface area contributed by atoms with Gasteiger partial charge >= 0.3 is 39.5 Å². The molecule has 5 unspecified atom stereocenters. The van der Waals surface area contributed by atoms with Gasteiger partial charge in [-0.25, -0.2) is 9.13 Å². The molecule has 0 aliphatic carbocycles. The number of hydrogen-bond acceptors (Lipinski definition) is 15. The third kappa shape index (κ3) is 69.9. The van der Waals surface area contributed by atoms with Gasteiger partial charge in [-0.15, -0.1) is 0 Å². The molecule has 17 nitrogen and oxygen atoms in total. The standard InChI is InChI=1S/C79H134O17P2/c1-5-9-13-17-21-25-29-33-36-40-43-47-51-55-59-63-76(81)89-69-74(95-78(83)65-61-57-53-49-45-39-32-28-24-20-16-12-8-4)71-93-97(85,86)91-67-73(80)68-92-98(87,88)94-72-75(96-79(84)66-62-58-54-50-46-42-38-35-31-27-23-19-15-11-7-3)70-90-77(82)64-60-56-52-48-44-41-37-34-30-26-22-18-14-10-6-2/h10,14,21-23,25-28,32-38,44,48,56,60,73-75,80H,5-9,11-13,15-20,24,29-31,39-43,45-47,49-55,57-59,61-72H2,1-4H3,(H,85,86)(H,87,88)/b14-10-,25-21-,26-22-,27-23-,32-28-,36-33-,37-34-,38-35-,48-44-,60-56-. The molecule has 0 aromatic rings. The second kappa shape index (κ2) is 70.9. The summed E-state index contributed by atoms with van der Waals surface area (Å²) in [4.78, 5) is 72.7. The van der Waals surface area contributed by atoms with Crippen molar-refractivity contribution < 1.29 is 80.2 Å². The predicted octanol–water partition coefficient (Wildman–Crippen LogP) is 21.6. The molecule has 0 saturated carbocycles. The van der Waals surface area contributed by atoms with Crippen molar-refractivity contribution in [1.29, 1.82) is 0 Å². The molecule has 98 heavy (non-hydrogen) atoms. The first-order valence-electron chi connectivity index (χ1n) is 37.8. The summed E-state index contributed by atoms with van der Waals surface area (Å²) in [6, 6.07) is 0. The second-order valence-corrected chi connectivity index (χ2v) is 27.8. The minimum atomic E-state index is -5.00. The first-order valence-corrected chi connectivity index (χ1v) is 40.8. The maximum atomic E-state index is 13.1. The molecule has 3 N–H and O–H groups in total. The lowest BCUT2D eigenvalue weighted by Crippen LogP contribution is -2.30. The van der Waals surface area contributed by atoms with Crippen LogP contribution in [0.15, 0.2) is 122 Å². The van der Waals surface area contributed by atoms with Crippen LogP contribution in [0, 0.1) is 0 Å². The first kappa shape index (κ1) is 93.5. The highest BCUT2D eigenvalue weighted by Gasteiger charge is 2.30. The van der Waals surface area contributed by atoms with E-state index in [1.807, 2.05) is 18.2 Å². The summed E-state index contributed by atoms with van der Waals surface area (Å²) in [5.74, 6) is -2.36. The Morgan fingerprint density at radius 2 is 0.571 bits per heavy atom. The van der Waals surface area contributed by atoms with Gasteiger partial charge in [-0.3, -0.25) is 37.3 Å². The van der Waals surface area contributed by atoms with Crippen molar-refractivity contribution in [3.05, 3.63) is 122 Å². The zero-order valence-corrected chi connectivity index (χ0v) is 63.0. The average molecular weight is 1420 g/mol. The molecule has 19 heteroatoms. The molecule has 0 aromatic heterocycles. The Balaban J connectivity index is 5.44. The van der Waals surface area contributed by atoms with Crippen molar-refractivity contribution in [1.82, 2.24) is 0 Å². The molecule has 0 aliphatic rings.